The fourth-order valence-corrected chi connectivity index (χ4v) is 26.9. The molecule has 0 amide bonds. The third kappa shape index (κ3) is 3.42. The highest BCUT2D eigenvalue weighted by atomic mass is 32.3. The third-order valence-electron chi connectivity index (χ3n) is 2.78. The Morgan fingerprint density at radius 1 is 1.00 bits per heavy atom. The first kappa shape index (κ1) is 14.9. The van der Waals surface area contributed by atoms with Crippen molar-refractivity contribution in [3.05, 3.63) is 0 Å². The van der Waals surface area contributed by atoms with Crippen LogP contribution in [0.2, 0.25) is 26.2 Å². The van der Waals surface area contributed by atoms with Gasteiger partial charge in [-0.25, -0.2) is 0 Å². The molecule has 0 unspecified atom stereocenters. The van der Waals surface area contributed by atoms with Gasteiger partial charge in [0.15, 0.2) is 26.6 Å². The van der Waals surface area contributed by atoms with Crippen molar-refractivity contribution < 1.29 is 0 Å². The fraction of sp³-hybridized carbons (Fsp3) is 1.00. The van der Waals surface area contributed by atoms with Crippen molar-refractivity contribution in [2.45, 2.75) is 26.2 Å². The van der Waals surface area contributed by atoms with E-state index in [1.165, 1.54) is 0 Å². The van der Waals surface area contributed by atoms with Gasteiger partial charge in [-0.2, -0.15) is 10.4 Å². The van der Waals surface area contributed by atoms with E-state index in [2.05, 4.69) is 70.0 Å². The van der Waals surface area contributed by atoms with E-state index in [1.54, 1.807) is 0 Å². The summed E-state index contributed by atoms with van der Waals surface area (Å²) in [6.45, 7) is 9.86. The maximum atomic E-state index is 3.92. The molecule has 1 aliphatic rings. The van der Waals surface area contributed by atoms with Crippen molar-refractivity contribution in [3.63, 3.8) is 0 Å². The van der Waals surface area contributed by atoms with E-state index >= 15 is 0 Å². The van der Waals surface area contributed by atoms with Crippen LogP contribution in [0, 0.1) is 0 Å². The second-order valence-electron chi connectivity index (χ2n) is 6.30. The molecule has 0 atom stereocenters. The Kier molecular flexibility index (Phi) is 4.19. The van der Waals surface area contributed by atoms with E-state index in [1.807, 2.05) is 0 Å². The van der Waals surface area contributed by atoms with Crippen molar-refractivity contribution in [2.24, 2.45) is 0 Å². The quantitative estimate of drug-likeness (QED) is 0.720. The Morgan fingerprint density at radius 2 is 1.38 bits per heavy atom. The van der Waals surface area contributed by atoms with Crippen LogP contribution in [-0.2, 0) is 0 Å². The first-order valence-electron chi connectivity index (χ1n) is 5.70. The van der Waals surface area contributed by atoms with E-state index in [0.717, 1.165) is 0 Å². The molecule has 8 heteroatoms. The zero-order chi connectivity index (χ0) is 12.8. The molecule has 0 radical (unpaired) electrons. The largest absolute Gasteiger partial charge is 0.336 e. The maximum Gasteiger partial charge on any atom is 0.195 e. The molecule has 0 aromatic rings. The Bertz CT molecular complexity index is 250. The minimum absolute atomic E-state index is 0.278. The van der Waals surface area contributed by atoms with E-state index < -0.39 is 27.2 Å². The SMILES string of the molecule is CN(C)[SiH2]N1[Si](C)(C)NS(C)(C)N[Si]1(C)C. The van der Waals surface area contributed by atoms with Gasteiger partial charge in [0.2, 0.25) is 0 Å². The average Bonchev–Trinajstić information content (AvgIpc) is 1.92. The van der Waals surface area contributed by atoms with Crippen LogP contribution in [0.5, 0.6) is 0 Å². The molecular weight excluding hydrogens is 268 g/mol. The predicted octanol–water partition coefficient (Wildman–Crippen LogP) is 0.339. The molecule has 1 heterocycles. The minimum Gasteiger partial charge on any atom is -0.336 e. The molecule has 2 N–H and O–H groups in total. The average molecular weight is 297 g/mol. The standard InChI is InChI=1S/C8H28N4SSi3/c1-11(2)14-12-15(5,6)9-13(3,4)10-16(12,7)8/h9-10H,14H2,1-8H3. The smallest absolute Gasteiger partial charge is 0.195 e. The summed E-state index contributed by atoms with van der Waals surface area (Å²) in [7, 11) is 0.545. The lowest BCUT2D eigenvalue weighted by atomic mass is 11.3. The van der Waals surface area contributed by atoms with Crippen LogP contribution >= 0.6 is 10.4 Å². The lowest BCUT2D eigenvalue weighted by Crippen LogP contribution is -2.81. The molecule has 0 aliphatic carbocycles. The Labute approximate surface area is 107 Å². The Morgan fingerprint density at radius 3 is 1.69 bits per heavy atom. The third-order valence-corrected chi connectivity index (χ3v) is 23.4. The molecule has 1 aliphatic heterocycles. The number of hydrogen-bond donors (Lipinski definition) is 2. The normalized spacial score (nSPS) is 31.1. The number of hydrogen-bond acceptors (Lipinski definition) is 4. The van der Waals surface area contributed by atoms with Gasteiger partial charge in [0.1, 0.15) is 0 Å². The van der Waals surface area contributed by atoms with Crippen LogP contribution in [-0.4, -0.2) is 61.7 Å². The summed E-state index contributed by atoms with van der Waals surface area (Å²) in [5, 5.41) is 0. The van der Waals surface area contributed by atoms with Gasteiger partial charge >= 0.3 is 0 Å². The molecule has 98 valence electrons. The molecule has 0 aromatic heterocycles. The molecule has 1 saturated heterocycles. The lowest BCUT2D eigenvalue weighted by Gasteiger charge is -2.60. The molecule has 0 spiro atoms. The van der Waals surface area contributed by atoms with Crippen molar-refractivity contribution in [1.82, 2.24) is 17.2 Å². The summed E-state index contributed by atoms with van der Waals surface area (Å²) in [6, 6.07) is 0. The Balaban J connectivity index is 2.97. The predicted molar refractivity (Wildman–Crippen MR) is 84.7 cm³/mol. The maximum absolute atomic E-state index is 3.92. The molecule has 16 heavy (non-hydrogen) atoms. The molecule has 0 bridgehead atoms. The van der Waals surface area contributed by atoms with Crippen LogP contribution in [0.1, 0.15) is 0 Å². The molecule has 1 fully saturated rings. The van der Waals surface area contributed by atoms with E-state index in [9.17, 15) is 0 Å². The van der Waals surface area contributed by atoms with Gasteiger partial charge in [0, 0.05) is 0 Å². The lowest BCUT2D eigenvalue weighted by molar-refractivity contribution is 0.620. The van der Waals surface area contributed by atoms with Gasteiger partial charge < -0.3 is 8.46 Å². The number of nitrogens with one attached hydrogen (secondary N) is 2. The zero-order valence-corrected chi connectivity index (χ0v) is 16.2. The van der Waals surface area contributed by atoms with Gasteiger partial charge in [-0.3, -0.25) is 8.78 Å². The summed E-state index contributed by atoms with van der Waals surface area (Å²) in [6.07, 6.45) is 4.70. The van der Waals surface area contributed by atoms with Crippen LogP contribution in [0.3, 0.4) is 0 Å². The van der Waals surface area contributed by atoms with Crippen LogP contribution in [0.25, 0.3) is 0 Å². The fourth-order valence-electron chi connectivity index (χ4n) is 2.72. The molecule has 1 rings (SSSR count). The van der Waals surface area contributed by atoms with E-state index in [-0.39, 0.29) is 9.84 Å². The minimum atomic E-state index is -1.41. The highest BCUT2D eigenvalue weighted by Gasteiger charge is 2.48. The van der Waals surface area contributed by atoms with E-state index in [4.69, 9.17) is 0 Å². The molecular formula is C8H28N4SSi3. The number of nitrogens with zero attached hydrogens (tertiary/aromatic N) is 2. The van der Waals surface area contributed by atoms with Crippen LogP contribution in [0.4, 0.5) is 0 Å². The molecule has 0 aromatic carbocycles. The van der Waals surface area contributed by atoms with Crippen LogP contribution in [0.15, 0.2) is 0 Å². The van der Waals surface area contributed by atoms with Gasteiger partial charge in [0.25, 0.3) is 0 Å². The van der Waals surface area contributed by atoms with Crippen LogP contribution < -0.4 is 8.78 Å². The van der Waals surface area contributed by atoms with Gasteiger partial charge in [-0.05, 0) is 52.8 Å². The summed E-state index contributed by atoms with van der Waals surface area (Å²) >= 11 is 0. The van der Waals surface area contributed by atoms with E-state index in [0.29, 0.717) is 0 Å². The first-order valence-corrected chi connectivity index (χ1v) is 15.3. The summed E-state index contributed by atoms with van der Waals surface area (Å²) in [4.78, 5) is 0. The zero-order valence-electron chi connectivity index (χ0n) is 12.0. The van der Waals surface area contributed by atoms with Crippen molar-refractivity contribution in [2.75, 3.05) is 26.6 Å². The summed E-state index contributed by atoms with van der Waals surface area (Å²) in [5.74, 6) is 0. The van der Waals surface area contributed by atoms with Crippen molar-refractivity contribution in [1.29, 1.82) is 0 Å². The topological polar surface area (TPSA) is 30.5 Å². The highest BCUT2D eigenvalue weighted by molar-refractivity contribution is 8.31. The number of rotatable bonds is 2. The van der Waals surface area contributed by atoms with Gasteiger partial charge in [-0.15, -0.1) is 0 Å². The summed E-state index contributed by atoms with van der Waals surface area (Å²) in [5.41, 5.74) is 0. The second-order valence-corrected chi connectivity index (χ2v) is 21.8. The summed E-state index contributed by atoms with van der Waals surface area (Å²) < 4.78 is 13.1. The molecule has 4 nitrogen and oxygen atoms in total. The van der Waals surface area contributed by atoms with Gasteiger partial charge in [0.05, 0.1) is 0 Å². The highest BCUT2D eigenvalue weighted by Crippen LogP contribution is 2.40. The second kappa shape index (κ2) is 4.50. The van der Waals surface area contributed by atoms with Crippen molar-refractivity contribution in [3.8, 4) is 0 Å². The molecule has 0 saturated carbocycles. The monoisotopic (exact) mass is 296 g/mol. The van der Waals surface area contributed by atoms with Gasteiger partial charge in [-0.1, -0.05) is 0 Å². The van der Waals surface area contributed by atoms with Crippen molar-refractivity contribution >= 4 is 37.0 Å². The first-order chi connectivity index (χ1) is 6.96. The Hall–Kier alpha value is 0.841.